The van der Waals surface area contributed by atoms with Gasteiger partial charge in [-0.1, -0.05) is 12.1 Å². The van der Waals surface area contributed by atoms with Gasteiger partial charge in [-0.15, -0.1) is 23.7 Å². The van der Waals surface area contributed by atoms with Crippen molar-refractivity contribution in [2.75, 3.05) is 25.6 Å². The predicted octanol–water partition coefficient (Wildman–Crippen LogP) is 2.26. The largest absolute Gasteiger partial charge is 0.465 e. The van der Waals surface area contributed by atoms with Crippen LogP contribution in [0.1, 0.15) is 27.7 Å². The molecule has 1 saturated heterocycles. The molecule has 0 bridgehead atoms. The number of halogens is 1. The fourth-order valence-corrected chi connectivity index (χ4v) is 3.63. The van der Waals surface area contributed by atoms with Crippen LogP contribution in [0.5, 0.6) is 0 Å². The number of carbonyl (C=O) groups is 2. The Bertz CT molecular complexity index is 798. The van der Waals surface area contributed by atoms with E-state index in [4.69, 9.17) is 9.47 Å². The molecule has 27 heavy (non-hydrogen) atoms. The quantitative estimate of drug-likeness (QED) is 0.733. The molecule has 0 saturated carbocycles. The Hall–Kier alpha value is -2.00. The highest BCUT2D eigenvalue weighted by atomic mass is 35.5. The van der Waals surface area contributed by atoms with Gasteiger partial charge in [-0.2, -0.15) is 0 Å². The van der Waals surface area contributed by atoms with Gasteiger partial charge in [0.25, 0.3) is 0 Å². The normalized spacial score (nSPS) is 19.0. The summed E-state index contributed by atoms with van der Waals surface area (Å²) in [4.78, 5) is 29.2. The molecule has 7 nitrogen and oxygen atoms in total. The number of nitrogens with zero attached hydrogens (tertiary/aromatic N) is 1. The standard InChI is InChI=1S/C18H21N3O4S.ClH/c1-11-15(19-6-7-25-11)16(22)21-18-20-10-14(26-18)9-12-4-3-5-13(8-12)17(23)24-2;/h3-5,8,10-11,15,19H,6-7,9H2,1-2H3,(H,20,21,22);1H/t11-,15+;/m1./s1. The number of ether oxygens (including phenoxy) is 2. The molecule has 146 valence electrons. The Morgan fingerprint density at radius 3 is 3.00 bits per heavy atom. The third-order valence-electron chi connectivity index (χ3n) is 4.11. The van der Waals surface area contributed by atoms with Crippen LogP contribution in [0, 0.1) is 0 Å². The van der Waals surface area contributed by atoms with E-state index in [-0.39, 0.29) is 36.4 Å². The number of amides is 1. The van der Waals surface area contributed by atoms with Crippen LogP contribution < -0.4 is 10.6 Å². The number of thiazole rings is 1. The van der Waals surface area contributed by atoms with Gasteiger partial charge in [-0.05, 0) is 24.6 Å². The summed E-state index contributed by atoms with van der Waals surface area (Å²) >= 11 is 1.41. The Balaban J connectivity index is 0.00000261. The van der Waals surface area contributed by atoms with Crippen molar-refractivity contribution in [1.82, 2.24) is 10.3 Å². The van der Waals surface area contributed by atoms with Crippen LogP contribution in [0.3, 0.4) is 0 Å². The third kappa shape index (κ3) is 5.49. The number of methoxy groups -OCH3 is 1. The highest BCUT2D eigenvalue weighted by molar-refractivity contribution is 7.15. The molecule has 0 aliphatic carbocycles. The van der Waals surface area contributed by atoms with E-state index in [0.717, 1.165) is 10.4 Å². The first-order valence-electron chi connectivity index (χ1n) is 8.34. The van der Waals surface area contributed by atoms with Gasteiger partial charge in [-0.3, -0.25) is 4.79 Å². The minimum absolute atomic E-state index is 0. The minimum Gasteiger partial charge on any atom is -0.465 e. The second-order valence-corrected chi connectivity index (χ2v) is 7.11. The van der Waals surface area contributed by atoms with Gasteiger partial charge in [0, 0.05) is 24.0 Å². The summed E-state index contributed by atoms with van der Waals surface area (Å²) in [7, 11) is 1.36. The SMILES string of the molecule is COC(=O)c1cccc(Cc2cnc(NC(=O)[C@H]3NCCO[C@@H]3C)s2)c1.Cl. The van der Waals surface area contributed by atoms with Crippen molar-refractivity contribution >= 4 is 40.8 Å². The zero-order valence-corrected chi connectivity index (χ0v) is 16.7. The van der Waals surface area contributed by atoms with E-state index in [1.165, 1.54) is 18.4 Å². The maximum absolute atomic E-state index is 12.4. The van der Waals surface area contributed by atoms with Crippen molar-refractivity contribution in [2.24, 2.45) is 0 Å². The summed E-state index contributed by atoms with van der Waals surface area (Å²) in [5.74, 6) is -0.508. The van der Waals surface area contributed by atoms with Crippen molar-refractivity contribution in [3.63, 3.8) is 0 Å². The zero-order valence-electron chi connectivity index (χ0n) is 15.1. The number of nitrogens with one attached hydrogen (secondary N) is 2. The monoisotopic (exact) mass is 411 g/mol. The summed E-state index contributed by atoms with van der Waals surface area (Å²) < 4.78 is 10.2. The number of esters is 1. The molecular weight excluding hydrogens is 390 g/mol. The lowest BCUT2D eigenvalue weighted by atomic mass is 10.1. The van der Waals surface area contributed by atoms with Crippen LogP contribution in [0.2, 0.25) is 0 Å². The van der Waals surface area contributed by atoms with Crippen LogP contribution in [-0.4, -0.2) is 49.3 Å². The van der Waals surface area contributed by atoms with Crippen LogP contribution in [0.4, 0.5) is 5.13 Å². The van der Waals surface area contributed by atoms with E-state index in [1.807, 2.05) is 19.1 Å². The summed E-state index contributed by atoms with van der Waals surface area (Å²) in [6, 6.07) is 6.90. The Labute approximate surface area is 167 Å². The van der Waals surface area contributed by atoms with Crippen molar-refractivity contribution in [3.05, 3.63) is 46.5 Å². The molecule has 1 fully saturated rings. The van der Waals surface area contributed by atoms with E-state index < -0.39 is 0 Å². The Morgan fingerprint density at radius 2 is 2.26 bits per heavy atom. The highest BCUT2D eigenvalue weighted by Gasteiger charge is 2.28. The average molecular weight is 412 g/mol. The fraction of sp³-hybridized carbons (Fsp3) is 0.389. The zero-order chi connectivity index (χ0) is 18.5. The van der Waals surface area contributed by atoms with Gasteiger partial charge in [0.1, 0.15) is 6.04 Å². The van der Waals surface area contributed by atoms with Crippen molar-refractivity contribution in [1.29, 1.82) is 0 Å². The van der Waals surface area contributed by atoms with Crippen LogP contribution >= 0.6 is 23.7 Å². The number of carbonyl (C=O) groups excluding carboxylic acids is 2. The molecule has 1 aliphatic heterocycles. The van der Waals surface area contributed by atoms with Crippen LogP contribution in [0.15, 0.2) is 30.5 Å². The minimum atomic E-state index is -0.382. The number of hydrogen-bond donors (Lipinski definition) is 2. The fourth-order valence-electron chi connectivity index (χ4n) is 2.78. The molecule has 2 atom stereocenters. The molecule has 0 unspecified atom stereocenters. The van der Waals surface area contributed by atoms with E-state index in [2.05, 4.69) is 15.6 Å². The molecule has 0 spiro atoms. The number of morpholine rings is 1. The summed E-state index contributed by atoms with van der Waals surface area (Å²) in [5, 5.41) is 6.54. The lowest BCUT2D eigenvalue weighted by molar-refractivity contribution is -0.123. The molecule has 2 aromatic rings. The Kier molecular flexibility index (Phi) is 7.73. The van der Waals surface area contributed by atoms with Crippen LogP contribution in [0.25, 0.3) is 0 Å². The summed E-state index contributed by atoms with van der Waals surface area (Å²) in [6.07, 6.45) is 2.18. The summed E-state index contributed by atoms with van der Waals surface area (Å²) in [6.45, 7) is 3.14. The third-order valence-corrected chi connectivity index (χ3v) is 5.02. The number of rotatable bonds is 5. The van der Waals surface area contributed by atoms with Gasteiger partial charge in [0.15, 0.2) is 5.13 Å². The van der Waals surface area contributed by atoms with Gasteiger partial charge in [-0.25, -0.2) is 9.78 Å². The maximum atomic E-state index is 12.4. The molecule has 1 aromatic heterocycles. The first kappa shape index (κ1) is 21.3. The Morgan fingerprint density at radius 1 is 1.44 bits per heavy atom. The topological polar surface area (TPSA) is 89.5 Å². The van der Waals surface area contributed by atoms with Gasteiger partial charge in [0.05, 0.1) is 25.4 Å². The average Bonchev–Trinajstić information content (AvgIpc) is 3.08. The van der Waals surface area contributed by atoms with Gasteiger partial charge >= 0.3 is 5.97 Å². The first-order valence-corrected chi connectivity index (χ1v) is 9.16. The first-order chi connectivity index (χ1) is 12.6. The number of hydrogen-bond acceptors (Lipinski definition) is 7. The molecule has 2 heterocycles. The number of benzene rings is 1. The smallest absolute Gasteiger partial charge is 0.337 e. The summed E-state index contributed by atoms with van der Waals surface area (Å²) in [5.41, 5.74) is 1.49. The highest BCUT2D eigenvalue weighted by Crippen LogP contribution is 2.22. The van der Waals surface area contributed by atoms with E-state index >= 15 is 0 Å². The molecule has 1 amide bonds. The molecular formula is C18H22ClN3O4S. The molecule has 2 N–H and O–H groups in total. The van der Waals surface area contributed by atoms with Crippen molar-refractivity contribution < 1.29 is 19.1 Å². The van der Waals surface area contributed by atoms with E-state index in [1.54, 1.807) is 18.3 Å². The second kappa shape index (κ2) is 9.80. The van der Waals surface area contributed by atoms with Crippen molar-refractivity contribution in [2.45, 2.75) is 25.5 Å². The van der Waals surface area contributed by atoms with Gasteiger partial charge in [0.2, 0.25) is 5.91 Å². The second-order valence-electron chi connectivity index (χ2n) is 6.00. The lowest BCUT2D eigenvalue weighted by Crippen LogP contribution is -2.53. The van der Waals surface area contributed by atoms with Crippen molar-refractivity contribution in [3.8, 4) is 0 Å². The van der Waals surface area contributed by atoms with Gasteiger partial charge < -0.3 is 20.1 Å². The molecule has 3 rings (SSSR count). The maximum Gasteiger partial charge on any atom is 0.337 e. The molecule has 1 aliphatic rings. The molecule has 9 heteroatoms. The van der Waals surface area contributed by atoms with E-state index in [9.17, 15) is 9.59 Å². The van der Waals surface area contributed by atoms with Crippen LogP contribution in [-0.2, 0) is 20.7 Å². The lowest BCUT2D eigenvalue weighted by Gasteiger charge is -2.28. The molecule has 1 aromatic carbocycles. The molecule has 0 radical (unpaired) electrons. The number of anilines is 1. The van der Waals surface area contributed by atoms with E-state index in [0.29, 0.717) is 30.3 Å². The predicted molar refractivity (Wildman–Crippen MR) is 106 cm³/mol. The number of aromatic nitrogens is 1.